The molecular formula is C14H12N4O2. The number of aromatic nitrogens is 2. The van der Waals surface area contributed by atoms with Crippen LogP contribution in [0.5, 0.6) is 0 Å². The molecule has 0 unspecified atom stereocenters. The summed E-state index contributed by atoms with van der Waals surface area (Å²) < 4.78 is 0. The molecule has 6 heteroatoms. The molecule has 2 N–H and O–H groups in total. The van der Waals surface area contributed by atoms with Gasteiger partial charge in [0, 0.05) is 24.0 Å². The van der Waals surface area contributed by atoms with Crippen molar-refractivity contribution in [1.82, 2.24) is 15.3 Å². The third-order valence-electron chi connectivity index (χ3n) is 3.07. The summed E-state index contributed by atoms with van der Waals surface area (Å²) in [5, 5.41) is 5.44. The van der Waals surface area contributed by atoms with Crippen LogP contribution in [-0.4, -0.2) is 21.8 Å². The highest BCUT2D eigenvalue weighted by Crippen LogP contribution is 2.20. The summed E-state index contributed by atoms with van der Waals surface area (Å²) in [4.78, 5) is 31.6. The van der Waals surface area contributed by atoms with E-state index in [2.05, 4.69) is 20.6 Å². The topological polar surface area (TPSA) is 84.0 Å². The lowest BCUT2D eigenvalue weighted by Gasteiger charge is -2.06. The highest BCUT2D eigenvalue weighted by Gasteiger charge is 2.19. The minimum absolute atomic E-state index is 0.119. The second-order valence-corrected chi connectivity index (χ2v) is 4.55. The number of nitrogens with one attached hydrogen (secondary N) is 2. The Hall–Kier alpha value is -2.76. The number of carbonyl (C=O) groups is 2. The molecule has 2 aromatic rings. The lowest BCUT2D eigenvalue weighted by molar-refractivity contribution is 0.0964. The van der Waals surface area contributed by atoms with Crippen molar-refractivity contribution in [2.24, 2.45) is 0 Å². The molecule has 1 aliphatic rings. The molecule has 3 rings (SSSR count). The first-order valence-electron chi connectivity index (χ1n) is 6.14. The predicted molar refractivity (Wildman–Crippen MR) is 72.3 cm³/mol. The van der Waals surface area contributed by atoms with E-state index in [1.165, 1.54) is 12.4 Å². The highest BCUT2D eigenvalue weighted by atomic mass is 16.2. The van der Waals surface area contributed by atoms with Crippen LogP contribution in [0, 0.1) is 6.92 Å². The molecule has 0 radical (unpaired) electrons. The molecular weight excluding hydrogens is 256 g/mol. The Labute approximate surface area is 115 Å². The lowest BCUT2D eigenvalue weighted by Crippen LogP contribution is -2.15. The third-order valence-corrected chi connectivity index (χ3v) is 3.07. The van der Waals surface area contributed by atoms with Crippen molar-refractivity contribution in [3.8, 4) is 0 Å². The number of hydrogen-bond donors (Lipinski definition) is 2. The van der Waals surface area contributed by atoms with Crippen LogP contribution in [0.4, 0.5) is 5.69 Å². The summed E-state index contributed by atoms with van der Waals surface area (Å²) in [5.41, 5.74) is 3.07. The van der Waals surface area contributed by atoms with E-state index in [0.717, 1.165) is 11.3 Å². The standard InChI is InChI=1S/C14H12N4O2/c1-8-5-16-12(7-15-8)14(20)18-10-3-2-9-6-17-13(19)11(9)4-10/h2-5,7H,6H2,1H3,(H,17,19)(H,18,20). The van der Waals surface area contributed by atoms with Gasteiger partial charge in [0.05, 0.1) is 11.9 Å². The monoisotopic (exact) mass is 268 g/mol. The van der Waals surface area contributed by atoms with E-state index in [4.69, 9.17) is 0 Å². The summed E-state index contributed by atoms with van der Waals surface area (Å²) >= 11 is 0. The first-order chi connectivity index (χ1) is 9.63. The zero-order chi connectivity index (χ0) is 14.1. The number of fused-ring (bicyclic) bond motifs is 1. The lowest BCUT2D eigenvalue weighted by atomic mass is 10.1. The van der Waals surface area contributed by atoms with Crippen molar-refractivity contribution in [3.63, 3.8) is 0 Å². The Bertz CT molecular complexity index is 695. The van der Waals surface area contributed by atoms with Gasteiger partial charge >= 0.3 is 0 Å². The average Bonchev–Trinajstić information content (AvgIpc) is 2.81. The molecule has 0 fully saturated rings. The molecule has 0 aliphatic carbocycles. The van der Waals surface area contributed by atoms with Crippen LogP contribution >= 0.6 is 0 Å². The van der Waals surface area contributed by atoms with E-state index in [1.807, 2.05) is 6.07 Å². The number of carbonyl (C=O) groups excluding carboxylic acids is 2. The van der Waals surface area contributed by atoms with Crippen molar-refractivity contribution in [2.45, 2.75) is 13.5 Å². The minimum Gasteiger partial charge on any atom is -0.348 e. The fourth-order valence-electron chi connectivity index (χ4n) is 2.00. The maximum absolute atomic E-state index is 12.0. The van der Waals surface area contributed by atoms with Gasteiger partial charge in [0.15, 0.2) is 0 Å². The first kappa shape index (κ1) is 12.3. The van der Waals surface area contributed by atoms with Crippen LogP contribution < -0.4 is 10.6 Å². The number of hydrogen-bond acceptors (Lipinski definition) is 4. The third kappa shape index (κ3) is 2.23. The second kappa shape index (κ2) is 4.73. The van der Waals surface area contributed by atoms with Crippen LogP contribution in [0.15, 0.2) is 30.6 Å². The molecule has 20 heavy (non-hydrogen) atoms. The molecule has 100 valence electrons. The molecule has 2 heterocycles. The summed E-state index contributed by atoms with van der Waals surface area (Å²) in [6.07, 6.45) is 2.95. The smallest absolute Gasteiger partial charge is 0.275 e. The molecule has 1 aromatic heterocycles. The number of nitrogens with zero attached hydrogens (tertiary/aromatic N) is 2. The molecule has 2 amide bonds. The van der Waals surface area contributed by atoms with Crippen molar-refractivity contribution in [2.75, 3.05) is 5.32 Å². The normalized spacial score (nSPS) is 12.8. The summed E-state index contributed by atoms with van der Waals surface area (Å²) in [6.45, 7) is 2.33. The number of benzene rings is 1. The first-order valence-corrected chi connectivity index (χ1v) is 6.14. The molecule has 0 bridgehead atoms. The fraction of sp³-hybridized carbons (Fsp3) is 0.143. The number of anilines is 1. The molecule has 0 saturated carbocycles. The number of aryl methyl sites for hydroxylation is 1. The molecule has 0 atom stereocenters. The van der Waals surface area contributed by atoms with Gasteiger partial charge < -0.3 is 10.6 Å². The van der Waals surface area contributed by atoms with Gasteiger partial charge in [-0.05, 0) is 24.6 Å². The maximum Gasteiger partial charge on any atom is 0.275 e. The Balaban J connectivity index is 1.81. The summed E-state index contributed by atoms with van der Waals surface area (Å²) in [7, 11) is 0. The SMILES string of the molecule is Cc1cnc(C(=O)Nc2ccc3c(c2)C(=O)NC3)cn1. The minimum atomic E-state index is -0.351. The Kier molecular flexibility index (Phi) is 2.90. The number of amides is 2. The van der Waals surface area contributed by atoms with E-state index < -0.39 is 0 Å². The van der Waals surface area contributed by atoms with Crippen LogP contribution in [-0.2, 0) is 6.54 Å². The maximum atomic E-state index is 12.0. The summed E-state index contributed by atoms with van der Waals surface area (Å²) in [6, 6.07) is 5.25. The van der Waals surface area contributed by atoms with Crippen LogP contribution in [0.1, 0.15) is 32.1 Å². The van der Waals surface area contributed by atoms with E-state index in [0.29, 0.717) is 17.8 Å². The van der Waals surface area contributed by atoms with E-state index in [-0.39, 0.29) is 17.5 Å². The predicted octanol–water partition coefficient (Wildman–Crippen LogP) is 1.28. The van der Waals surface area contributed by atoms with Crippen molar-refractivity contribution in [3.05, 3.63) is 53.1 Å². The van der Waals surface area contributed by atoms with Gasteiger partial charge in [0.2, 0.25) is 0 Å². The van der Waals surface area contributed by atoms with E-state index in [1.54, 1.807) is 19.1 Å². The second-order valence-electron chi connectivity index (χ2n) is 4.55. The zero-order valence-corrected chi connectivity index (χ0v) is 10.8. The van der Waals surface area contributed by atoms with Gasteiger partial charge in [-0.15, -0.1) is 0 Å². The zero-order valence-electron chi connectivity index (χ0n) is 10.8. The van der Waals surface area contributed by atoms with Gasteiger partial charge in [-0.1, -0.05) is 6.07 Å². The highest BCUT2D eigenvalue weighted by molar-refractivity contribution is 6.04. The Morgan fingerprint density at radius 3 is 2.90 bits per heavy atom. The van der Waals surface area contributed by atoms with Crippen molar-refractivity contribution in [1.29, 1.82) is 0 Å². The van der Waals surface area contributed by atoms with Gasteiger partial charge in [-0.3, -0.25) is 14.6 Å². The fourth-order valence-corrected chi connectivity index (χ4v) is 2.00. The Morgan fingerprint density at radius 1 is 1.30 bits per heavy atom. The van der Waals surface area contributed by atoms with Crippen LogP contribution in [0.2, 0.25) is 0 Å². The van der Waals surface area contributed by atoms with Gasteiger partial charge in [0.25, 0.3) is 11.8 Å². The molecule has 0 spiro atoms. The molecule has 1 aromatic carbocycles. The van der Waals surface area contributed by atoms with E-state index >= 15 is 0 Å². The summed E-state index contributed by atoms with van der Waals surface area (Å²) in [5.74, 6) is -0.470. The largest absolute Gasteiger partial charge is 0.348 e. The van der Waals surface area contributed by atoms with Gasteiger partial charge in [0.1, 0.15) is 5.69 Å². The van der Waals surface area contributed by atoms with Gasteiger partial charge in [-0.2, -0.15) is 0 Å². The molecule has 1 aliphatic heterocycles. The quantitative estimate of drug-likeness (QED) is 0.859. The molecule has 6 nitrogen and oxygen atoms in total. The van der Waals surface area contributed by atoms with Crippen molar-refractivity contribution < 1.29 is 9.59 Å². The van der Waals surface area contributed by atoms with Crippen LogP contribution in [0.25, 0.3) is 0 Å². The number of rotatable bonds is 2. The van der Waals surface area contributed by atoms with Crippen molar-refractivity contribution >= 4 is 17.5 Å². The Morgan fingerprint density at radius 2 is 2.15 bits per heavy atom. The molecule has 0 saturated heterocycles. The van der Waals surface area contributed by atoms with Crippen LogP contribution in [0.3, 0.4) is 0 Å². The van der Waals surface area contributed by atoms with E-state index in [9.17, 15) is 9.59 Å². The average molecular weight is 268 g/mol. The van der Waals surface area contributed by atoms with Gasteiger partial charge in [-0.25, -0.2) is 4.98 Å².